The normalized spacial score (nSPS) is 8.29. The number of hydrogen-bond donors (Lipinski definition) is 0. The zero-order valence-corrected chi connectivity index (χ0v) is 9.15. The van der Waals surface area contributed by atoms with Crippen molar-refractivity contribution in [2.75, 3.05) is 0 Å². The molecule has 0 heteroatoms. The molecule has 0 fully saturated rings. The highest BCUT2D eigenvalue weighted by molar-refractivity contribution is 5.53. The molecule has 14 heavy (non-hydrogen) atoms. The summed E-state index contributed by atoms with van der Waals surface area (Å²) in [6, 6.07) is 4.21. The third-order valence-corrected chi connectivity index (χ3v) is 2.15. The Hall–Kier alpha value is -1.66. The van der Waals surface area contributed by atoms with Crippen LogP contribution in [0.15, 0.2) is 12.1 Å². The minimum absolute atomic E-state index is 1.03. The van der Waals surface area contributed by atoms with Crippen LogP contribution in [0.4, 0.5) is 0 Å². The van der Waals surface area contributed by atoms with E-state index in [9.17, 15) is 0 Å². The van der Waals surface area contributed by atoms with Crippen LogP contribution in [0.1, 0.15) is 36.1 Å². The predicted molar refractivity (Wildman–Crippen MR) is 61.0 cm³/mol. The summed E-state index contributed by atoms with van der Waals surface area (Å²) < 4.78 is 0. The summed E-state index contributed by atoms with van der Waals surface area (Å²) in [5, 5.41) is 0. The number of rotatable bonds is 0. The highest BCUT2D eigenvalue weighted by Gasteiger charge is 2.00. The summed E-state index contributed by atoms with van der Waals surface area (Å²) in [5.41, 5.74) is 4.60. The van der Waals surface area contributed by atoms with Gasteiger partial charge in [0.2, 0.25) is 0 Å². The van der Waals surface area contributed by atoms with E-state index in [-0.39, 0.29) is 0 Å². The zero-order chi connectivity index (χ0) is 10.6. The molecule has 0 unspecified atom stereocenters. The Morgan fingerprint density at radius 1 is 0.786 bits per heavy atom. The van der Waals surface area contributed by atoms with Crippen molar-refractivity contribution in [1.29, 1.82) is 0 Å². The van der Waals surface area contributed by atoms with E-state index in [4.69, 9.17) is 0 Å². The van der Waals surface area contributed by atoms with E-state index >= 15 is 0 Å². The molecule has 0 bridgehead atoms. The van der Waals surface area contributed by atoms with Gasteiger partial charge >= 0.3 is 0 Å². The first-order valence-corrected chi connectivity index (χ1v) is 4.65. The Morgan fingerprint density at radius 2 is 1.14 bits per heavy atom. The summed E-state index contributed by atoms with van der Waals surface area (Å²) in [5.74, 6) is 12.0. The van der Waals surface area contributed by atoms with Crippen molar-refractivity contribution >= 4 is 0 Å². The van der Waals surface area contributed by atoms with Crippen LogP contribution in [0, 0.1) is 37.5 Å². The second-order valence-corrected chi connectivity index (χ2v) is 3.23. The Morgan fingerprint density at radius 3 is 1.43 bits per heavy atom. The molecule has 0 aliphatic heterocycles. The molecule has 0 saturated heterocycles. The van der Waals surface area contributed by atoms with E-state index in [0.717, 1.165) is 11.1 Å². The van der Waals surface area contributed by atoms with Gasteiger partial charge in [0.05, 0.1) is 0 Å². The van der Waals surface area contributed by atoms with Gasteiger partial charge in [0.25, 0.3) is 0 Å². The summed E-state index contributed by atoms with van der Waals surface area (Å²) in [4.78, 5) is 0. The van der Waals surface area contributed by atoms with Crippen molar-refractivity contribution < 1.29 is 0 Å². The van der Waals surface area contributed by atoms with Crippen LogP contribution < -0.4 is 0 Å². The quantitative estimate of drug-likeness (QED) is 0.541. The van der Waals surface area contributed by atoms with Crippen LogP contribution in [0.5, 0.6) is 0 Å². The van der Waals surface area contributed by atoms with E-state index in [1.807, 2.05) is 13.8 Å². The molecule has 0 spiro atoms. The lowest BCUT2D eigenvalue weighted by atomic mass is 10.0. The average molecular weight is 182 g/mol. The van der Waals surface area contributed by atoms with E-state index < -0.39 is 0 Å². The topological polar surface area (TPSA) is 0 Å². The fourth-order valence-corrected chi connectivity index (χ4v) is 1.29. The van der Waals surface area contributed by atoms with Gasteiger partial charge in [0.1, 0.15) is 0 Å². The van der Waals surface area contributed by atoms with Crippen LogP contribution in [0.25, 0.3) is 0 Å². The smallest absolute Gasteiger partial charge is 0.0404 e. The maximum Gasteiger partial charge on any atom is 0.0404 e. The second-order valence-electron chi connectivity index (χ2n) is 3.23. The first-order chi connectivity index (χ1) is 6.69. The number of benzene rings is 1. The number of aryl methyl sites for hydroxylation is 2. The van der Waals surface area contributed by atoms with E-state index in [2.05, 4.69) is 49.7 Å². The molecule has 0 atom stereocenters. The molecule has 0 heterocycles. The molecule has 1 aromatic rings. The lowest BCUT2D eigenvalue weighted by molar-refractivity contribution is 1.32. The van der Waals surface area contributed by atoms with Crippen LogP contribution in [-0.2, 0) is 0 Å². The van der Waals surface area contributed by atoms with Crippen molar-refractivity contribution in [3.05, 3.63) is 34.4 Å². The first-order valence-electron chi connectivity index (χ1n) is 4.65. The molecule has 70 valence electrons. The van der Waals surface area contributed by atoms with Crippen LogP contribution in [-0.4, -0.2) is 0 Å². The Balaban J connectivity index is 3.41. The highest BCUT2D eigenvalue weighted by atomic mass is 14.0. The van der Waals surface area contributed by atoms with Gasteiger partial charge < -0.3 is 0 Å². The monoisotopic (exact) mass is 182 g/mol. The van der Waals surface area contributed by atoms with Gasteiger partial charge in [-0.05, 0) is 51.0 Å². The molecule has 0 N–H and O–H groups in total. The summed E-state index contributed by atoms with van der Waals surface area (Å²) in [6.45, 7) is 7.88. The van der Waals surface area contributed by atoms with Gasteiger partial charge in [-0.25, -0.2) is 0 Å². The van der Waals surface area contributed by atoms with Crippen LogP contribution >= 0.6 is 0 Å². The van der Waals surface area contributed by atoms with Crippen LogP contribution in [0.2, 0.25) is 0 Å². The molecule has 0 amide bonds. The lowest BCUT2D eigenvalue weighted by Crippen LogP contribution is -1.89. The second kappa shape index (κ2) is 4.54. The van der Waals surface area contributed by atoms with Crippen molar-refractivity contribution in [2.24, 2.45) is 0 Å². The van der Waals surface area contributed by atoms with E-state index in [1.165, 1.54) is 11.1 Å². The molecular weight excluding hydrogens is 168 g/mol. The van der Waals surface area contributed by atoms with Gasteiger partial charge in [-0.3, -0.25) is 0 Å². The van der Waals surface area contributed by atoms with E-state index in [0.29, 0.717) is 0 Å². The SMILES string of the molecule is CC#Cc1cc(C)c(C)cc1C#CC. The fourth-order valence-electron chi connectivity index (χ4n) is 1.29. The molecule has 0 saturated carbocycles. The Bertz CT molecular complexity index is 412. The van der Waals surface area contributed by atoms with Crippen molar-refractivity contribution in [1.82, 2.24) is 0 Å². The minimum atomic E-state index is 1.03. The van der Waals surface area contributed by atoms with Crippen molar-refractivity contribution in [3.8, 4) is 23.7 Å². The van der Waals surface area contributed by atoms with Gasteiger partial charge in [0, 0.05) is 11.1 Å². The zero-order valence-electron chi connectivity index (χ0n) is 9.15. The maximum atomic E-state index is 3.08. The standard InChI is InChI=1S/C14H14/c1-5-7-13-9-11(3)12(4)10-14(13)8-6-2/h9-10H,1-4H3. The minimum Gasteiger partial charge on any atom is -0.101 e. The van der Waals surface area contributed by atoms with Crippen LogP contribution in [0.3, 0.4) is 0 Å². The Kier molecular flexibility index (Phi) is 3.38. The largest absolute Gasteiger partial charge is 0.101 e. The summed E-state index contributed by atoms with van der Waals surface area (Å²) in [7, 11) is 0. The van der Waals surface area contributed by atoms with Crippen molar-refractivity contribution in [2.45, 2.75) is 27.7 Å². The molecule has 0 nitrogen and oxygen atoms in total. The molecule has 1 aromatic carbocycles. The number of hydrogen-bond acceptors (Lipinski definition) is 0. The fraction of sp³-hybridized carbons (Fsp3) is 0.286. The molecule has 0 aliphatic rings. The molecule has 0 aliphatic carbocycles. The van der Waals surface area contributed by atoms with Crippen molar-refractivity contribution in [3.63, 3.8) is 0 Å². The third kappa shape index (κ3) is 2.18. The maximum absolute atomic E-state index is 3.08. The molecule has 0 radical (unpaired) electrons. The molecule has 1 rings (SSSR count). The summed E-state index contributed by atoms with van der Waals surface area (Å²) >= 11 is 0. The lowest BCUT2D eigenvalue weighted by Gasteiger charge is -2.03. The average Bonchev–Trinajstić information content (AvgIpc) is 2.14. The van der Waals surface area contributed by atoms with Gasteiger partial charge in [-0.2, -0.15) is 0 Å². The molecular formula is C14H14. The molecule has 0 aromatic heterocycles. The first kappa shape index (κ1) is 10.4. The highest BCUT2D eigenvalue weighted by Crippen LogP contribution is 2.14. The Labute approximate surface area is 86.3 Å². The van der Waals surface area contributed by atoms with Gasteiger partial charge in [-0.15, -0.1) is 11.8 Å². The predicted octanol–water partition coefficient (Wildman–Crippen LogP) is 3.05. The summed E-state index contributed by atoms with van der Waals surface area (Å²) in [6.07, 6.45) is 0. The van der Waals surface area contributed by atoms with Gasteiger partial charge in [-0.1, -0.05) is 11.8 Å². The van der Waals surface area contributed by atoms with Gasteiger partial charge in [0.15, 0.2) is 0 Å². The third-order valence-electron chi connectivity index (χ3n) is 2.15. The van der Waals surface area contributed by atoms with E-state index in [1.54, 1.807) is 0 Å².